The number of hydrogen-bond acceptors (Lipinski definition) is 5. The predicted octanol–water partition coefficient (Wildman–Crippen LogP) is 5.39. The molecule has 0 atom stereocenters. The van der Waals surface area contributed by atoms with E-state index < -0.39 is 11.6 Å². The number of aromatic nitrogens is 1. The molecule has 1 amide bonds. The summed E-state index contributed by atoms with van der Waals surface area (Å²) in [6, 6.07) is 7.02. The largest absolute Gasteiger partial charge is 0.379 e. The van der Waals surface area contributed by atoms with Crippen LogP contribution in [0.25, 0.3) is 10.2 Å². The van der Waals surface area contributed by atoms with Crippen molar-refractivity contribution in [1.29, 1.82) is 0 Å². The van der Waals surface area contributed by atoms with Crippen LogP contribution in [0.3, 0.4) is 0 Å². The first-order valence-electron chi connectivity index (χ1n) is 9.25. The molecule has 0 bridgehead atoms. The lowest BCUT2D eigenvalue weighted by Crippen LogP contribution is -2.43. The van der Waals surface area contributed by atoms with Crippen molar-refractivity contribution in [2.75, 3.05) is 44.3 Å². The average Bonchev–Trinajstić information content (AvgIpc) is 3.14. The minimum Gasteiger partial charge on any atom is -0.379 e. The molecule has 1 aromatic heterocycles. The summed E-state index contributed by atoms with van der Waals surface area (Å²) in [5.74, 6) is -1.79. The van der Waals surface area contributed by atoms with Gasteiger partial charge < -0.3 is 4.74 Å². The molecule has 2 aromatic carbocycles. The third-order valence-electron chi connectivity index (χ3n) is 4.78. The van der Waals surface area contributed by atoms with Gasteiger partial charge in [0, 0.05) is 36.7 Å². The molecule has 11 heteroatoms. The molecule has 1 fully saturated rings. The third kappa shape index (κ3) is 5.53. The Morgan fingerprint density at radius 1 is 1.26 bits per heavy atom. The van der Waals surface area contributed by atoms with Crippen LogP contribution >= 0.6 is 51.3 Å². The second-order valence-electron chi connectivity index (χ2n) is 6.77. The second-order valence-corrected chi connectivity index (χ2v) is 9.10. The van der Waals surface area contributed by atoms with Crippen LogP contribution in [0.4, 0.5) is 13.9 Å². The van der Waals surface area contributed by atoms with Gasteiger partial charge in [0.1, 0.15) is 11.3 Å². The molecule has 3 aromatic rings. The van der Waals surface area contributed by atoms with Crippen LogP contribution < -0.4 is 4.90 Å². The summed E-state index contributed by atoms with van der Waals surface area (Å²) in [7, 11) is 0. The van der Waals surface area contributed by atoms with Crippen LogP contribution in [0.2, 0.25) is 5.02 Å². The molecule has 0 N–H and O–H groups in total. The Balaban J connectivity index is 0.00000272. The summed E-state index contributed by atoms with van der Waals surface area (Å²) in [6.07, 6.45) is 0. The van der Waals surface area contributed by atoms with Crippen molar-refractivity contribution in [1.82, 2.24) is 9.88 Å². The lowest BCUT2D eigenvalue weighted by molar-refractivity contribution is 0.0391. The number of thiazole rings is 1. The van der Waals surface area contributed by atoms with E-state index in [4.69, 9.17) is 16.3 Å². The molecule has 5 nitrogen and oxygen atoms in total. The van der Waals surface area contributed by atoms with Gasteiger partial charge in [-0.1, -0.05) is 38.9 Å². The van der Waals surface area contributed by atoms with Crippen molar-refractivity contribution >= 4 is 72.5 Å². The lowest BCUT2D eigenvalue weighted by atomic mass is 10.2. The summed E-state index contributed by atoms with van der Waals surface area (Å²) in [5, 5.41) is 0.599. The minimum atomic E-state index is -0.756. The van der Waals surface area contributed by atoms with E-state index in [1.807, 2.05) is 0 Å². The van der Waals surface area contributed by atoms with Crippen LogP contribution in [0.15, 0.2) is 34.8 Å². The van der Waals surface area contributed by atoms with Gasteiger partial charge in [0.15, 0.2) is 10.9 Å². The van der Waals surface area contributed by atoms with Crippen LogP contribution in [0.1, 0.15) is 10.4 Å². The maximum absolute atomic E-state index is 14.2. The molecule has 166 valence electrons. The number of anilines is 1. The van der Waals surface area contributed by atoms with Crippen molar-refractivity contribution in [2.24, 2.45) is 0 Å². The fourth-order valence-electron chi connectivity index (χ4n) is 3.22. The number of fused-ring (bicyclic) bond motifs is 1. The quantitative estimate of drug-likeness (QED) is 0.425. The van der Waals surface area contributed by atoms with Crippen LogP contribution in [0.5, 0.6) is 0 Å². The Bertz CT molecular complexity index is 1100. The number of ether oxygens (including phenoxy) is 1. The van der Waals surface area contributed by atoms with E-state index >= 15 is 0 Å². The maximum Gasteiger partial charge on any atom is 0.261 e. The number of amides is 1. The van der Waals surface area contributed by atoms with E-state index in [0.717, 1.165) is 30.5 Å². The summed E-state index contributed by atoms with van der Waals surface area (Å²) in [6.45, 7) is 3.71. The first kappa shape index (κ1) is 24.3. The van der Waals surface area contributed by atoms with Gasteiger partial charge in [-0.2, -0.15) is 0 Å². The average molecular weight is 553 g/mol. The van der Waals surface area contributed by atoms with Gasteiger partial charge in [0.05, 0.1) is 28.5 Å². The molecule has 1 aliphatic rings. The minimum absolute atomic E-state index is 0. The van der Waals surface area contributed by atoms with Crippen molar-refractivity contribution in [3.63, 3.8) is 0 Å². The molecule has 4 rings (SSSR count). The SMILES string of the molecule is Cl.O=C(c1cc(Br)ccc1Cl)N(CCN1CCOCC1)c1nc2c(F)cc(F)cc2s1. The number of carbonyl (C=O) groups is 1. The Morgan fingerprint density at radius 2 is 2.00 bits per heavy atom. The molecule has 1 aliphatic heterocycles. The zero-order chi connectivity index (χ0) is 21.3. The molecule has 0 saturated carbocycles. The highest BCUT2D eigenvalue weighted by atomic mass is 79.9. The topological polar surface area (TPSA) is 45.7 Å². The highest BCUT2D eigenvalue weighted by Gasteiger charge is 2.25. The molecule has 2 heterocycles. The van der Waals surface area contributed by atoms with Gasteiger partial charge in [-0.05, 0) is 24.3 Å². The fraction of sp³-hybridized carbons (Fsp3) is 0.300. The molecule has 0 unspecified atom stereocenters. The van der Waals surface area contributed by atoms with Crippen LogP contribution in [-0.2, 0) is 4.74 Å². The summed E-state index contributed by atoms with van der Waals surface area (Å²) < 4.78 is 34.2. The number of nitrogens with zero attached hydrogens (tertiary/aromatic N) is 3. The molecular formula is C20H18BrCl2F2N3O2S. The van der Waals surface area contributed by atoms with E-state index in [9.17, 15) is 13.6 Å². The number of halogens is 5. The number of carbonyl (C=O) groups excluding carboxylic acids is 1. The van der Waals surface area contributed by atoms with E-state index in [1.54, 1.807) is 18.2 Å². The zero-order valence-corrected chi connectivity index (χ0v) is 20.1. The molecule has 0 spiro atoms. The van der Waals surface area contributed by atoms with E-state index in [1.165, 1.54) is 11.0 Å². The Hall–Kier alpha value is -1.36. The molecule has 31 heavy (non-hydrogen) atoms. The van der Waals surface area contributed by atoms with E-state index in [0.29, 0.717) is 51.2 Å². The normalized spacial score (nSPS) is 14.5. The predicted molar refractivity (Wildman–Crippen MR) is 125 cm³/mol. The molecular weight excluding hydrogens is 535 g/mol. The van der Waals surface area contributed by atoms with Crippen molar-refractivity contribution in [3.8, 4) is 0 Å². The van der Waals surface area contributed by atoms with Gasteiger partial charge >= 0.3 is 0 Å². The number of rotatable bonds is 5. The third-order valence-corrected chi connectivity index (χ3v) is 6.63. The summed E-state index contributed by atoms with van der Waals surface area (Å²) in [5.41, 5.74) is 0.347. The Morgan fingerprint density at radius 3 is 2.74 bits per heavy atom. The van der Waals surface area contributed by atoms with Crippen molar-refractivity contribution < 1.29 is 18.3 Å². The summed E-state index contributed by atoms with van der Waals surface area (Å²) >= 11 is 10.7. The zero-order valence-electron chi connectivity index (χ0n) is 16.1. The maximum atomic E-state index is 14.2. The number of benzene rings is 2. The Labute approximate surface area is 201 Å². The van der Waals surface area contributed by atoms with Crippen LogP contribution in [0, 0.1) is 11.6 Å². The first-order chi connectivity index (χ1) is 14.4. The standard InChI is InChI=1S/C20H17BrClF2N3O2S.ClH/c21-12-1-2-15(22)14(9-12)19(28)27(4-3-26-5-7-29-8-6-26)20-25-18-16(24)10-13(23)11-17(18)30-20;/h1-2,9-11H,3-8H2;1H. The van der Waals surface area contributed by atoms with Gasteiger partial charge in [-0.25, -0.2) is 13.8 Å². The van der Waals surface area contributed by atoms with Crippen molar-refractivity contribution in [3.05, 3.63) is 57.0 Å². The van der Waals surface area contributed by atoms with Gasteiger partial charge in [-0.15, -0.1) is 12.4 Å². The first-order valence-corrected chi connectivity index (χ1v) is 11.2. The monoisotopic (exact) mass is 551 g/mol. The van der Waals surface area contributed by atoms with E-state index in [2.05, 4.69) is 25.8 Å². The fourth-order valence-corrected chi connectivity index (χ4v) is 4.81. The number of morpholine rings is 1. The molecule has 1 saturated heterocycles. The van der Waals surface area contributed by atoms with Gasteiger partial charge in [-0.3, -0.25) is 14.6 Å². The Kier molecular flexibility index (Phi) is 8.23. The molecule has 0 radical (unpaired) electrons. The van der Waals surface area contributed by atoms with Gasteiger partial charge in [0.25, 0.3) is 5.91 Å². The smallest absolute Gasteiger partial charge is 0.261 e. The van der Waals surface area contributed by atoms with E-state index in [-0.39, 0.29) is 23.8 Å². The second kappa shape index (κ2) is 10.5. The lowest BCUT2D eigenvalue weighted by Gasteiger charge is -2.29. The highest BCUT2D eigenvalue weighted by molar-refractivity contribution is 9.10. The van der Waals surface area contributed by atoms with Crippen LogP contribution in [-0.4, -0.2) is 55.2 Å². The molecule has 0 aliphatic carbocycles. The van der Waals surface area contributed by atoms with Gasteiger partial charge in [0.2, 0.25) is 0 Å². The number of hydrogen-bond donors (Lipinski definition) is 0. The summed E-state index contributed by atoms with van der Waals surface area (Å²) in [4.78, 5) is 21.4. The van der Waals surface area contributed by atoms with Crippen molar-refractivity contribution in [2.45, 2.75) is 0 Å². The highest BCUT2D eigenvalue weighted by Crippen LogP contribution is 2.33.